The van der Waals surface area contributed by atoms with Crippen LogP contribution in [0.4, 0.5) is 0 Å². The Balaban J connectivity index is 3.97. The van der Waals surface area contributed by atoms with Crippen molar-refractivity contribution < 1.29 is 9.53 Å². The van der Waals surface area contributed by atoms with Crippen molar-refractivity contribution >= 4 is 12.0 Å². The van der Waals surface area contributed by atoms with Crippen LogP contribution in [0.25, 0.3) is 0 Å². The summed E-state index contributed by atoms with van der Waals surface area (Å²) in [7, 11) is 0. The average Bonchev–Trinajstić information content (AvgIpc) is 2.22. The second-order valence-electron chi connectivity index (χ2n) is 7.27. The van der Waals surface area contributed by atoms with Gasteiger partial charge in [0.15, 0.2) is 5.78 Å². The van der Waals surface area contributed by atoms with Gasteiger partial charge in [0.2, 0.25) is 0 Å². The number of carbonyl (C=O) groups excluding carboxylic acids is 1. The van der Waals surface area contributed by atoms with Gasteiger partial charge < -0.3 is 10.1 Å². The van der Waals surface area contributed by atoms with Crippen LogP contribution < -0.4 is 0 Å². The molecule has 3 heteroatoms. The number of carbonyl (C=O) groups is 1. The number of ketones is 1. The third kappa shape index (κ3) is 10.9. The number of unbranched alkanes of at least 4 members (excludes halogenated alkanes) is 1. The summed E-state index contributed by atoms with van der Waals surface area (Å²) < 4.78 is 5.92. The number of hydrogen-bond donors (Lipinski definition) is 1. The molecule has 0 spiro atoms. The molecule has 1 unspecified atom stereocenters. The Labute approximate surface area is 118 Å². The number of rotatable bonds is 9. The first-order chi connectivity index (χ1) is 8.56. The monoisotopic (exact) mass is 269 g/mol. The van der Waals surface area contributed by atoms with Crippen molar-refractivity contribution in [1.29, 1.82) is 5.41 Å². The molecule has 0 aromatic rings. The van der Waals surface area contributed by atoms with Crippen LogP contribution >= 0.6 is 0 Å². The highest BCUT2D eigenvalue weighted by atomic mass is 16.5. The van der Waals surface area contributed by atoms with Crippen molar-refractivity contribution in [1.82, 2.24) is 0 Å². The van der Waals surface area contributed by atoms with Crippen LogP contribution in [-0.4, -0.2) is 23.7 Å². The molecular formula is C16H31NO2. The number of nitrogens with one attached hydrogen (secondary N) is 1. The fourth-order valence-corrected chi connectivity index (χ4v) is 2.19. The normalized spacial score (nSPS) is 14.2. The molecule has 0 aliphatic carbocycles. The number of hydrogen-bond acceptors (Lipinski definition) is 3. The van der Waals surface area contributed by atoms with E-state index in [1.165, 1.54) is 12.8 Å². The minimum Gasteiger partial charge on any atom is -0.372 e. The number of Topliss-reactive ketones (excluding diaryl/α,β-unsaturated/α-hetero) is 1. The third-order valence-corrected chi connectivity index (χ3v) is 3.13. The molecule has 0 amide bonds. The minimum atomic E-state index is -0.195. The molecule has 3 nitrogen and oxygen atoms in total. The molecule has 1 atom stereocenters. The van der Waals surface area contributed by atoms with Gasteiger partial charge in [-0.2, -0.15) is 0 Å². The van der Waals surface area contributed by atoms with Crippen LogP contribution in [0.3, 0.4) is 0 Å². The molecule has 0 radical (unpaired) electrons. The van der Waals surface area contributed by atoms with Gasteiger partial charge in [-0.15, -0.1) is 0 Å². The standard InChI is InChI=1S/C16H31NO2/c1-13(11-14(18)12-17)19-16(5,6)10-8-7-9-15(2,3)4/h12-13,17H,7-11H2,1-6H3. The Morgan fingerprint density at radius 3 is 2.16 bits per heavy atom. The zero-order valence-corrected chi connectivity index (χ0v) is 13.5. The van der Waals surface area contributed by atoms with Gasteiger partial charge in [0.05, 0.1) is 17.9 Å². The van der Waals surface area contributed by atoms with Crippen LogP contribution in [0.2, 0.25) is 0 Å². The zero-order chi connectivity index (χ0) is 15.1. The van der Waals surface area contributed by atoms with E-state index in [1.54, 1.807) is 0 Å². The smallest absolute Gasteiger partial charge is 0.175 e. The minimum absolute atomic E-state index is 0.119. The molecule has 0 aromatic carbocycles. The van der Waals surface area contributed by atoms with Gasteiger partial charge >= 0.3 is 0 Å². The summed E-state index contributed by atoms with van der Waals surface area (Å²) in [5.41, 5.74) is 0.203. The van der Waals surface area contributed by atoms with E-state index in [1.807, 2.05) is 6.92 Å². The van der Waals surface area contributed by atoms with Crippen LogP contribution in [0, 0.1) is 10.8 Å². The molecule has 0 aliphatic rings. The van der Waals surface area contributed by atoms with Crippen LogP contribution in [0.1, 0.15) is 73.6 Å². The molecule has 0 heterocycles. The maximum atomic E-state index is 11.2. The molecule has 0 saturated carbocycles. The van der Waals surface area contributed by atoms with E-state index in [4.69, 9.17) is 10.1 Å². The summed E-state index contributed by atoms with van der Waals surface area (Å²) in [5, 5.41) is 6.90. The first-order valence-electron chi connectivity index (χ1n) is 7.27. The van der Waals surface area contributed by atoms with E-state index >= 15 is 0 Å². The van der Waals surface area contributed by atoms with Gasteiger partial charge in [0, 0.05) is 6.42 Å². The van der Waals surface area contributed by atoms with Crippen molar-refractivity contribution in [3.63, 3.8) is 0 Å². The lowest BCUT2D eigenvalue weighted by Gasteiger charge is -2.29. The van der Waals surface area contributed by atoms with Crippen molar-refractivity contribution in [2.45, 2.75) is 85.4 Å². The van der Waals surface area contributed by atoms with Gasteiger partial charge in [-0.3, -0.25) is 4.79 Å². The molecule has 0 saturated heterocycles. The lowest BCUT2D eigenvalue weighted by Crippen LogP contribution is -2.30. The van der Waals surface area contributed by atoms with Gasteiger partial charge in [-0.25, -0.2) is 0 Å². The summed E-state index contributed by atoms with van der Waals surface area (Å²) in [4.78, 5) is 11.2. The van der Waals surface area contributed by atoms with Crippen molar-refractivity contribution in [2.75, 3.05) is 0 Å². The Morgan fingerprint density at radius 2 is 1.68 bits per heavy atom. The Kier molecular flexibility index (Phi) is 7.50. The lowest BCUT2D eigenvalue weighted by molar-refractivity contribution is -0.119. The second-order valence-corrected chi connectivity index (χ2v) is 7.27. The van der Waals surface area contributed by atoms with E-state index in [0.29, 0.717) is 11.8 Å². The molecule has 19 heavy (non-hydrogen) atoms. The lowest BCUT2D eigenvalue weighted by atomic mass is 9.88. The van der Waals surface area contributed by atoms with Gasteiger partial charge in [-0.05, 0) is 39.0 Å². The molecule has 0 bridgehead atoms. The number of ether oxygens (including phenoxy) is 1. The molecular weight excluding hydrogens is 238 g/mol. The van der Waals surface area contributed by atoms with E-state index < -0.39 is 0 Å². The fourth-order valence-electron chi connectivity index (χ4n) is 2.19. The second kappa shape index (κ2) is 7.78. The molecule has 0 rings (SSSR count). The van der Waals surface area contributed by atoms with Gasteiger partial charge in [-0.1, -0.05) is 33.6 Å². The molecule has 0 aliphatic heterocycles. The zero-order valence-electron chi connectivity index (χ0n) is 13.5. The predicted octanol–water partition coefficient (Wildman–Crippen LogP) is 4.39. The van der Waals surface area contributed by atoms with Gasteiger partial charge in [0.1, 0.15) is 0 Å². The first kappa shape index (κ1) is 18.3. The third-order valence-electron chi connectivity index (χ3n) is 3.13. The van der Waals surface area contributed by atoms with Gasteiger partial charge in [0.25, 0.3) is 0 Å². The Hall–Kier alpha value is -0.700. The summed E-state index contributed by atoms with van der Waals surface area (Å²) in [5.74, 6) is -0.170. The quantitative estimate of drug-likeness (QED) is 0.498. The Bertz CT molecular complexity index is 290. The van der Waals surface area contributed by atoms with E-state index in [9.17, 15) is 4.79 Å². The SMILES string of the molecule is CC(CC(=O)C=N)OC(C)(C)CCCCC(C)(C)C. The molecule has 0 aromatic heterocycles. The summed E-state index contributed by atoms with van der Waals surface area (Å²) >= 11 is 0. The van der Waals surface area contributed by atoms with E-state index in [0.717, 1.165) is 19.1 Å². The average molecular weight is 269 g/mol. The van der Waals surface area contributed by atoms with Crippen LogP contribution in [-0.2, 0) is 9.53 Å². The predicted molar refractivity (Wildman–Crippen MR) is 81.0 cm³/mol. The molecule has 0 fully saturated rings. The van der Waals surface area contributed by atoms with E-state index in [2.05, 4.69) is 34.6 Å². The van der Waals surface area contributed by atoms with Crippen molar-refractivity contribution in [3.8, 4) is 0 Å². The highest BCUT2D eigenvalue weighted by molar-refractivity contribution is 6.26. The highest BCUT2D eigenvalue weighted by Gasteiger charge is 2.22. The van der Waals surface area contributed by atoms with E-state index in [-0.39, 0.29) is 17.5 Å². The highest BCUT2D eigenvalue weighted by Crippen LogP contribution is 2.26. The largest absolute Gasteiger partial charge is 0.372 e. The summed E-state index contributed by atoms with van der Waals surface area (Å²) in [6.45, 7) is 12.8. The van der Waals surface area contributed by atoms with Crippen LogP contribution in [0.15, 0.2) is 0 Å². The topological polar surface area (TPSA) is 50.2 Å². The van der Waals surface area contributed by atoms with Crippen LogP contribution in [0.5, 0.6) is 0 Å². The molecule has 112 valence electrons. The maximum absolute atomic E-state index is 11.2. The fraction of sp³-hybridized carbons (Fsp3) is 0.875. The summed E-state index contributed by atoms with van der Waals surface area (Å²) in [6, 6.07) is 0. The van der Waals surface area contributed by atoms with Crippen molar-refractivity contribution in [3.05, 3.63) is 0 Å². The van der Waals surface area contributed by atoms with Crippen molar-refractivity contribution in [2.24, 2.45) is 5.41 Å². The molecule has 1 N–H and O–H groups in total. The maximum Gasteiger partial charge on any atom is 0.175 e. The Morgan fingerprint density at radius 1 is 1.16 bits per heavy atom. The summed E-state index contributed by atoms with van der Waals surface area (Å²) in [6.07, 6.45) is 5.65. The first-order valence-corrected chi connectivity index (χ1v) is 7.27.